The number of methoxy groups -OCH3 is 1. The summed E-state index contributed by atoms with van der Waals surface area (Å²) in [7, 11) is 1.61. The molecule has 1 aromatic heterocycles. The molecule has 0 fully saturated rings. The minimum atomic E-state index is -1.12. The van der Waals surface area contributed by atoms with Crippen LogP contribution in [0.15, 0.2) is 60.7 Å². The number of primary amides is 1. The first-order chi connectivity index (χ1) is 17.4. The highest BCUT2D eigenvalue weighted by Crippen LogP contribution is 2.19. The SMILES string of the molecule is COCCOCCOc1cccc(-n2nc(C)cc2C(=O)NC(Cc2ccccc2)C(=O)C(N)=O)c1. The van der Waals surface area contributed by atoms with Gasteiger partial charge in [-0.3, -0.25) is 14.4 Å². The summed E-state index contributed by atoms with van der Waals surface area (Å²) in [4.78, 5) is 37.3. The van der Waals surface area contributed by atoms with Crippen molar-refractivity contribution < 1.29 is 28.6 Å². The molecule has 2 aromatic carbocycles. The minimum Gasteiger partial charge on any atom is -0.491 e. The van der Waals surface area contributed by atoms with Crippen LogP contribution in [0.3, 0.4) is 0 Å². The van der Waals surface area contributed by atoms with Crippen molar-refractivity contribution in [2.45, 2.75) is 19.4 Å². The largest absolute Gasteiger partial charge is 0.491 e. The second kappa shape index (κ2) is 13.2. The van der Waals surface area contributed by atoms with Crippen LogP contribution < -0.4 is 15.8 Å². The van der Waals surface area contributed by atoms with Gasteiger partial charge in [-0.1, -0.05) is 36.4 Å². The van der Waals surface area contributed by atoms with Crippen LogP contribution in [0.1, 0.15) is 21.7 Å². The summed E-state index contributed by atoms with van der Waals surface area (Å²) in [6, 6.07) is 16.6. The van der Waals surface area contributed by atoms with Gasteiger partial charge in [0.1, 0.15) is 24.1 Å². The predicted molar refractivity (Wildman–Crippen MR) is 132 cm³/mol. The molecular formula is C26H30N4O6. The van der Waals surface area contributed by atoms with Gasteiger partial charge in [0.2, 0.25) is 5.78 Å². The van der Waals surface area contributed by atoms with Crippen molar-refractivity contribution in [2.24, 2.45) is 5.73 Å². The Balaban J connectivity index is 1.76. The zero-order chi connectivity index (χ0) is 25.9. The quantitative estimate of drug-likeness (QED) is 0.257. The molecule has 3 N–H and O–H groups in total. The summed E-state index contributed by atoms with van der Waals surface area (Å²) in [6.45, 7) is 3.49. The highest BCUT2D eigenvalue weighted by atomic mass is 16.5. The molecule has 3 aromatic rings. The summed E-state index contributed by atoms with van der Waals surface area (Å²) >= 11 is 0. The van der Waals surface area contributed by atoms with Crippen LogP contribution in [0, 0.1) is 6.92 Å². The van der Waals surface area contributed by atoms with Gasteiger partial charge < -0.3 is 25.3 Å². The topological polar surface area (TPSA) is 135 Å². The van der Waals surface area contributed by atoms with E-state index >= 15 is 0 Å². The van der Waals surface area contributed by atoms with Crippen LogP contribution in [0.4, 0.5) is 0 Å². The average Bonchev–Trinajstić information content (AvgIpc) is 3.28. The Kier molecular flexibility index (Phi) is 9.73. The van der Waals surface area contributed by atoms with Crippen LogP contribution in [0.5, 0.6) is 5.75 Å². The number of nitrogens with zero attached hydrogens (tertiary/aromatic N) is 2. The lowest BCUT2D eigenvalue weighted by molar-refractivity contribution is -0.137. The van der Waals surface area contributed by atoms with Crippen LogP contribution in [0.2, 0.25) is 0 Å². The van der Waals surface area contributed by atoms with Gasteiger partial charge in [-0.05, 0) is 30.7 Å². The fourth-order valence-corrected chi connectivity index (χ4v) is 3.49. The standard InChI is InChI=1S/C26H30N4O6/c1-18-15-23(26(33)28-22(24(31)25(27)32)16-19-7-4-3-5-8-19)30(29-18)20-9-6-10-21(17-20)36-14-13-35-12-11-34-2/h3-10,15,17,22H,11-14,16H2,1-2H3,(H2,27,32)(H,28,33). The summed E-state index contributed by atoms with van der Waals surface area (Å²) in [5.74, 6) is -1.98. The molecule has 0 aliphatic heterocycles. The number of rotatable bonds is 14. The van der Waals surface area contributed by atoms with E-state index in [2.05, 4.69) is 10.4 Å². The number of benzene rings is 2. The van der Waals surface area contributed by atoms with Gasteiger partial charge in [0.25, 0.3) is 11.8 Å². The third-order valence-electron chi connectivity index (χ3n) is 5.20. The van der Waals surface area contributed by atoms with E-state index in [4.69, 9.17) is 19.9 Å². The fourth-order valence-electron chi connectivity index (χ4n) is 3.49. The fraction of sp³-hybridized carbons (Fsp3) is 0.308. The Morgan fingerprint density at radius 3 is 2.47 bits per heavy atom. The molecule has 0 spiro atoms. The molecule has 0 saturated heterocycles. The molecule has 1 heterocycles. The van der Waals surface area contributed by atoms with Crippen LogP contribution in [0.25, 0.3) is 5.69 Å². The second-order valence-corrected chi connectivity index (χ2v) is 7.98. The maximum atomic E-state index is 13.2. The maximum Gasteiger partial charge on any atom is 0.287 e. The monoisotopic (exact) mass is 494 g/mol. The lowest BCUT2D eigenvalue weighted by Crippen LogP contribution is -2.47. The first kappa shape index (κ1) is 26.6. The lowest BCUT2D eigenvalue weighted by atomic mass is 10.0. The first-order valence-corrected chi connectivity index (χ1v) is 11.4. The molecule has 0 bridgehead atoms. The molecule has 0 aliphatic rings. The van der Waals surface area contributed by atoms with Gasteiger partial charge >= 0.3 is 0 Å². The molecule has 2 amide bonds. The van der Waals surface area contributed by atoms with Crippen molar-refractivity contribution in [2.75, 3.05) is 33.5 Å². The van der Waals surface area contributed by atoms with E-state index in [-0.39, 0.29) is 12.1 Å². The number of ketones is 1. The molecule has 1 atom stereocenters. The van der Waals surface area contributed by atoms with E-state index in [1.807, 2.05) is 18.2 Å². The zero-order valence-electron chi connectivity index (χ0n) is 20.3. The smallest absolute Gasteiger partial charge is 0.287 e. The van der Waals surface area contributed by atoms with Gasteiger partial charge in [0.15, 0.2) is 0 Å². The number of nitrogens with one attached hydrogen (secondary N) is 1. The van der Waals surface area contributed by atoms with Gasteiger partial charge in [-0.25, -0.2) is 4.68 Å². The Morgan fingerprint density at radius 2 is 1.75 bits per heavy atom. The normalized spacial score (nSPS) is 11.6. The number of carbonyl (C=O) groups excluding carboxylic acids is 3. The predicted octanol–water partition coefficient (Wildman–Crippen LogP) is 1.62. The Bertz CT molecular complexity index is 1180. The number of hydrogen-bond donors (Lipinski definition) is 2. The highest BCUT2D eigenvalue weighted by molar-refractivity contribution is 6.38. The third-order valence-corrected chi connectivity index (χ3v) is 5.20. The Labute approximate surface area is 209 Å². The average molecular weight is 495 g/mol. The third kappa shape index (κ3) is 7.49. The van der Waals surface area contributed by atoms with E-state index in [1.54, 1.807) is 56.5 Å². The molecule has 3 rings (SSSR count). The molecule has 36 heavy (non-hydrogen) atoms. The van der Waals surface area contributed by atoms with Crippen LogP contribution in [-0.2, 0) is 25.5 Å². The summed E-state index contributed by atoms with van der Waals surface area (Å²) < 4.78 is 17.5. The first-order valence-electron chi connectivity index (χ1n) is 11.4. The van der Waals surface area contributed by atoms with Crippen molar-refractivity contribution in [3.05, 3.63) is 77.6 Å². The van der Waals surface area contributed by atoms with Crippen molar-refractivity contribution in [1.29, 1.82) is 0 Å². The lowest BCUT2D eigenvalue weighted by Gasteiger charge is -2.17. The Hall–Kier alpha value is -4.02. The van der Waals surface area contributed by atoms with Crippen LogP contribution in [-0.4, -0.2) is 67.0 Å². The van der Waals surface area contributed by atoms with E-state index in [0.29, 0.717) is 43.6 Å². The summed E-state index contributed by atoms with van der Waals surface area (Å²) in [5.41, 5.74) is 7.39. The number of hydrogen-bond acceptors (Lipinski definition) is 7. The number of amides is 2. The van der Waals surface area contributed by atoms with Gasteiger partial charge in [-0.2, -0.15) is 5.10 Å². The summed E-state index contributed by atoms with van der Waals surface area (Å²) in [5, 5.41) is 7.08. The number of nitrogens with two attached hydrogens (primary N) is 1. The van der Waals surface area contributed by atoms with E-state index in [0.717, 1.165) is 5.56 Å². The molecule has 10 nitrogen and oxygen atoms in total. The van der Waals surface area contributed by atoms with Crippen molar-refractivity contribution in [3.8, 4) is 11.4 Å². The van der Waals surface area contributed by atoms with E-state index in [9.17, 15) is 14.4 Å². The molecule has 1 unspecified atom stereocenters. The minimum absolute atomic E-state index is 0.122. The number of ether oxygens (including phenoxy) is 3. The zero-order valence-corrected chi connectivity index (χ0v) is 20.3. The molecule has 10 heteroatoms. The number of aryl methyl sites for hydroxylation is 1. The molecule has 190 valence electrons. The summed E-state index contributed by atoms with van der Waals surface area (Å²) in [6.07, 6.45) is 0.122. The van der Waals surface area contributed by atoms with Crippen LogP contribution >= 0.6 is 0 Å². The highest BCUT2D eigenvalue weighted by Gasteiger charge is 2.27. The van der Waals surface area contributed by atoms with Gasteiger partial charge in [-0.15, -0.1) is 0 Å². The van der Waals surface area contributed by atoms with Gasteiger partial charge in [0, 0.05) is 19.6 Å². The number of Topliss-reactive ketones (excluding diaryl/α,β-unsaturated/α-hetero) is 1. The Morgan fingerprint density at radius 1 is 1.00 bits per heavy atom. The van der Waals surface area contributed by atoms with Crippen molar-refractivity contribution in [1.82, 2.24) is 15.1 Å². The second-order valence-electron chi connectivity index (χ2n) is 7.98. The van der Waals surface area contributed by atoms with Gasteiger partial charge in [0.05, 0.1) is 31.2 Å². The molecule has 0 aliphatic carbocycles. The molecule has 0 radical (unpaired) electrons. The van der Waals surface area contributed by atoms with E-state index in [1.165, 1.54) is 4.68 Å². The maximum absolute atomic E-state index is 13.2. The number of carbonyl (C=O) groups is 3. The molecular weight excluding hydrogens is 464 g/mol. The van der Waals surface area contributed by atoms with Crippen molar-refractivity contribution >= 4 is 17.6 Å². The van der Waals surface area contributed by atoms with Crippen molar-refractivity contribution in [3.63, 3.8) is 0 Å². The molecule has 0 saturated carbocycles. The van der Waals surface area contributed by atoms with E-state index < -0.39 is 23.6 Å². The number of aromatic nitrogens is 2.